The topological polar surface area (TPSA) is 20.3 Å². The Labute approximate surface area is 115 Å². The second kappa shape index (κ2) is 4.99. The van der Waals surface area contributed by atoms with Crippen LogP contribution in [0.25, 0.3) is 0 Å². The van der Waals surface area contributed by atoms with Gasteiger partial charge in [-0.05, 0) is 43.9 Å². The Balaban J connectivity index is 2.17. The zero-order valence-corrected chi connectivity index (χ0v) is 12.3. The third kappa shape index (κ3) is 3.02. The number of amides is 1. The maximum absolute atomic E-state index is 12.3. The molecular weight excluding hydrogens is 302 g/mol. The Morgan fingerprint density at radius 1 is 1.47 bits per heavy atom. The van der Waals surface area contributed by atoms with E-state index in [1.165, 1.54) is 12.8 Å². The Kier molecular flexibility index (Phi) is 3.79. The molecule has 92 valence electrons. The van der Waals surface area contributed by atoms with E-state index in [9.17, 15) is 4.79 Å². The molecule has 1 aliphatic rings. The van der Waals surface area contributed by atoms with E-state index in [-0.39, 0.29) is 5.91 Å². The summed E-state index contributed by atoms with van der Waals surface area (Å²) in [6.07, 6.45) is 2.47. The van der Waals surface area contributed by atoms with Crippen molar-refractivity contribution in [1.82, 2.24) is 4.90 Å². The molecule has 1 saturated carbocycles. The van der Waals surface area contributed by atoms with Crippen molar-refractivity contribution in [2.24, 2.45) is 5.92 Å². The molecule has 0 spiro atoms. The van der Waals surface area contributed by atoms with E-state index in [1.807, 2.05) is 18.0 Å². The zero-order valence-electron chi connectivity index (χ0n) is 9.91. The fourth-order valence-electron chi connectivity index (χ4n) is 1.96. The average molecular weight is 317 g/mol. The van der Waals surface area contributed by atoms with Gasteiger partial charge in [0.05, 0.1) is 0 Å². The summed E-state index contributed by atoms with van der Waals surface area (Å²) in [5.74, 6) is 0.708. The van der Waals surface area contributed by atoms with Gasteiger partial charge >= 0.3 is 0 Å². The van der Waals surface area contributed by atoms with E-state index >= 15 is 0 Å². The molecule has 0 N–H and O–H groups in total. The molecule has 1 aliphatic carbocycles. The number of carbonyl (C=O) groups is 1. The SMILES string of the molecule is CC(C1CC1)N(C)C(=O)c1cc(Cl)cc(Br)c1. The summed E-state index contributed by atoms with van der Waals surface area (Å²) >= 11 is 9.31. The largest absolute Gasteiger partial charge is 0.339 e. The monoisotopic (exact) mass is 315 g/mol. The molecule has 1 aromatic carbocycles. The summed E-state index contributed by atoms with van der Waals surface area (Å²) in [7, 11) is 1.86. The van der Waals surface area contributed by atoms with Gasteiger partial charge in [0.15, 0.2) is 0 Å². The van der Waals surface area contributed by atoms with Gasteiger partial charge in [0, 0.05) is 28.1 Å². The number of carbonyl (C=O) groups excluding carboxylic acids is 1. The fourth-order valence-corrected chi connectivity index (χ4v) is 2.82. The van der Waals surface area contributed by atoms with Crippen molar-refractivity contribution in [1.29, 1.82) is 0 Å². The van der Waals surface area contributed by atoms with Gasteiger partial charge in [0.2, 0.25) is 0 Å². The fraction of sp³-hybridized carbons (Fsp3) is 0.462. The van der Waals surface area contributed by atoms with E-state index in [2.05, 4.69) is 22.9 Å². The maximum atomic E-state index is 12.3. The normalized spacial score (nSPS) is 16.7. The highest BCUT2D eigenvalue weighted by atomic mass is 79.9. The molecule has 2 nitrogen and oxygen atoms in total. The summed E-state index contributed by atoms with van der Waals surface area (Å²) in [6, 6.07) is 5.61. The molecule has 17 heavy (non-hydrogen) atoms. The van der Waals surface area contributed by atoms with Crippen LogP contribution in [-0.4, -0.2) is 23.9 Å². The van der Waals surface area contributed by atoms with Crippen LogP contribution in [0.4, 0.5) is 0 Å². The van der Waals surface area contributed by atoms with Crippen LogP contribution in [0.2, 0.25) is 5.02 Å². The minimum Gasteiger partial charge on any atom is -0.339 e. The minimum absolute atomic E-state index is 0.0348. The van der Waals surface area contributed by atoms with E-state index in [0.29, 0.717) is 22.5 Å². The quantitative estimate of drug-likeness (QED) is 0.826. The van der Waals surface area contributed by atoms with Crippen molar-refractivity contribution in [3.8, 4) is 0 Å². The molecule has 0 saturated heterocycles. The summed E-state index contributed by atoms with van der Waals surface area (Å²) in [5.41, 5.74) is 0.638. The van der Waals surface area contributed by atoms with Crippen LogP contribution in [0.5, 0.6) is 0 Å². The van der Waals surface area contributed by atoms with Crippen LogP contribution >= 0.6 is 27.5 Å². The predicted octanol–water partition coefficient (Wildman–Crippen LogP) is 3.97. The number of nitrogens with zero attached hydrogens (tertiary/aromatic N) is 1. The third-order valence-electron chi connectivity index (χ3n) is 3.34. The van der Waals surface area contributed by atoms with E-state index in [1.54, 1.807) is 12.1 Å². The summed E-state index contributed by atoms with van der Waals surface area (Å²) in [5, 5.41) is 0.579. The van der Waals surface area contributed by atoms with Crippen molar-refractivity contribution >= 4 is 33.4 Å². The minimum atomic E-state index is 0.0348. The molecule has 1 fully saturated rings. The van der Waals surface area contributed by atoms with Gasteiger partial charge in [-0.3, -0.25) is 4.79 Å². The summed E-state index contributed by atoms with van der Waals surface area (Å²) in [4.78, 5) is 14.1. The molecule has 2 rings (SSSR count). The van der Waals surface area contributed by atoms with E-state index in [0.717, 1.165) is 4.47 Å². The van der Waals surface area contributed by atoms with Crippen molar-refractivity contribution in [3.05, 3.63) is 33.3 Å². The number of benzene rings is 1. The van der Waals surface area contributed by atoms with Crippen molar-refractivity contribution in [2.75, 3.05) is 7.05 Å². The lowest BCUT2D eigenvalue weighted by Crippen LogP contribution is -2.36. The molecule has 0 aliphatic heterocycles. The average Bonchev–Trinajstić information content (AvgIpc) is 3.08. The van der Waals surface area contributed by atoms with E-state index < -0.39 is 0 Å². The predicted molar refractivity (Wildman–Crippen MR) is 73.4 cm³/mol. The van der Waals surface area contributed by atoms with Crippen LogP contribution in [0, 0.1) is 5.92 Å². The lowest BCUT2D eigenvalue weighted by atomic mass is 10.1. The second-order valence-electron chi connectivity index (χ2n) is 4.65. The van der Waals surface area contributed by atoms with Crippen molar-refractivity contribution < 1.29 is 4.79 Å². The first-order valence-corrected chi connectivity index (χ1v) is 6.89. The van der Waals surface area contributed by atoms with Gasteiger partial charge in [-0.1, -0.05) is 27.5 Å². The molecule has 0 bridgehead atoms. The zero-order chi connectivity index (χ0) is 12.6. The van der Waals surface area contributed by atoms with Gasteiger partial charge in [-0.25, -0.2) is 0 Å². The first-order chi connectivity index (χ1) is 7.99. The number of rotatable bonds is 3. The van der Waals surface area contributed by atoms with Crippen LogP contribution < -0.4 is 0 Å². The first-order valence-electron chi connectivity index (χ1n) is 5.72. The molecule has 4 heteroatoms. The second-order valence-corrected chi connectivity index (χ2v) is 6.00. The van der Waals surface area contributed by atoms with E-state index in [4.69, 9.17) is 11.6 Å². The van der Waals surface area contributed by atoms with Gasteiger partial charge in [0.1, 0.15) is 0 Å². The highest BCUT2D eigenvalue weighted by molar-refractivity contribution is 9.10. The summed E-state index contributed by atoms with van der Waals surface area (Å²) < 4.78 is 0.834. The Morgan fingerprint density at radius 2 is 2.12 bits per heavy atom. The highest BCUT2D eigenvalue weighted by Gasteiger charge is 2.32. The molecule has 0 heterocycles. The van der Waals surface area contributed by atoms with Gasteiger partial charge < -0.3 is 4.90 Å². The Morgan fingerprint density at radius 3 is 2.65 bits per heavy atom. The molecule has 1 unspecified atom stereocenters. The first kappa shape index (κ1) is 12.9. The van der Waals surface area contributed by atoms with Crippen LogP contribution in [0.15, 0.2) is 22.7 Å². The third-order valence-corrected chi connectivity index (χ3v) is 4.02. The Hall–Kier alpha value is -0.540. The molecule has 0 aromatic heterocycles. The number of hydrogen-bond acceptors (Lipinski definition) is 1. The van der Waals surface area contributed by atoms with Gasteiger partial charge in [0.25, 0.3) is 5.91 Å². The smallest absolute Gasteiger partial charge is 0.253 e. The highest BCUT2D eigenvalue weighted by Crippen LogP contribution is 2.35. The van der Waals surface area contributed by atoms with Crippen LogP contribution in [0.1, 0.15) is 30.1 Å². The van der Waals surface area contributed by atoms with Crippen molar-refractivity contribution in [2.45, 2.75) is 25.8 Å². The van der Waals surface area contributed by atoms with Crippen LogP contribution in [0.3, 0.4) is 0 Å². The molecular formula is C13H15BrClNO. The van der Waals surface area contributed by atoms with Gasteiger partial charge in [-0.2, -0.15) is 0 Å². The summed E-state index contributed by atoms with van der Waals surface area (Å²) in [6.45, 7) is 2.11. The van der Waals surface area contributed by atoms with Crippen molar-refractivity contribution in [3.63, 3.8) is 0 Å². The Bertz CT molecular complexity index is 425. The van der Waals surface area contributed by atoms with Gasteiger partial charge in [-0.15, -0.1) is 0 Å². The molecule has 1 aromatic rings. The van der Waals surface area contributed by atoms with Crippen LogP contribution in [-0.2, 0) is 0 Å². The standard InChI is InChI=1S/C13H15BrClNO/c1-8(9-3-4-9)16(2)13(17)10-5-11(14)7-12(15)6-10/h5-9H,3-4H2,1-2H3. The lowest BCUT2D eigenvalue weighted by Gasteiger charge is -2.25. The molecule has 0 radical (unpaired) electrons. The number of halogens is 2. The number of hydrogen-bond donors (Lipinski definition) is 0. The molecule has 1 amide bonds. The molecule has 1 atom stereocenters. The maximum Gasteiger partial charge on any atom is 0.253 e. The lowest BCUT2D eigenvalue weighted by molar-refractivity contribution is 0.0727.